The summed E-state index contributed by atoms with van der Waals surface area (Å²) < 4.78 is 0. The maximum Gasteiger partial charge on any atom is 0.300 e. The number of hydrogen-bond acceptors (Lipinski definition) is 4. The minimum Gasteiger partial charge on any atom is -0.507 e. The lowest BCUT2D eigenvalue weighted by Crippen LogP contribution is -2.29. The number of aliphatic hydroxyl groups excluding tert-OH is 1. The van der Waals surface area contributed by atoms with Crippen molar-refractivity contribution < 1.29 is 14.7 Å². The highest BCUT2D eigenvalue weighted by molar-refractivity contribution is 6.52. The molecule has 6 rings (SSSR count). The van der Waals surface area contributed by atoms with Crippen LogP contribution in [0.1, 0.15) is 17.2 Å². The van der Waals surface area contributed by atoms with E-state index in [1.165, 1.54) is 4.90 Å². The molecule has 0 radical (unpaired) electrons. The predicted octanol–water partition coefficient (Wildman–Crippen LogP) is 6.01. The van der Waals surface area contributed by atoms with E-state index in [1.807, 2.05) is 84.9 Å². The molecule has 1 aliphatic heterocycles. The summed E-state index contributed by atoms with van der Waals surface area (Å²) in [5, 5.41) is 15.1. The molecule has 1 atom stereocenters. The minimum absolute atomic E-state index is 0.0484. The van der Waals surface area contributed by atoms with Gasteiger partial charge in [0.1, 0.15) is 5.76 Å². The van der Waals surface area contributed by atoms with Crippen LogP contribution in [0.2, 0.25) is 0 Å². The molecule has 5 nitrogen and oxygen atoms in total. The van der Waals surface area contributed by atoms with Crippen LogP contribution in [0.3, 0.4) is 0 Å². The van der Waals surface area contributed by atoms with Gasteiger partial charge in [-0.25, -0.2) is 0 Å². The molecule has 0 bridgehead atoms. The summed E-state index contributed by atoms with van der Waals surface area (Å²) in [5.74, 6) is -1.61. The van der Waals surface area contributed by atoms with Gasteiger partial charge in [-0.1, -0.05) is 84.9 Å². The molecule has 1 N–H and O–H groups in total. The van der Waals surface area contributed by atoms with Crippen LogP contribution in [0.5, 0.6) is 0 Å². The third-order valence-corrected chi connectivity index (χ3v) is 6.52. The second-order valence-corrected chi connectivity index (χ2v) is 8.48. The van der Waals surface area contributed by atoms with Crippen molar-refractivity contribution in [2.75, 3.05) is 4.90 Å². The number of benzene rings is 4. The van der Waals surface area contributed by atoms with E-state index in [2.05, 4.69) is 4.98 Å². The number of pyridine rings is 1. The fourth-order valence-electron chi connectivity index (χ4n) is 4.93. The molecule has 1 fully saturated rings. The Kier molecular flexibility index (Phi) is 4.89. The third kappa shape index (κ3) is 3.28. The van der Waals surface area contributed by atoms with Crippen LogP contribution < -0.4 is 4.90 Å². The molecule has 1 amide bonds. The van der Waals surface area contributed by atoms with Gasteiger partial charge in [-0.15, -0.1) is 0 Å². The number of ketones is 1. The average Bonchev–Trinajstić information content (AvgIpc) is 3.18. The largest absolute Gasteiger partial charge is 0.507 e. The van der Waals surface area contributed by atoms with Crippen molar-refractivity contribution in [1.82, 2.24) is 4.98 Å². The number of Topliss-reactive ketones (excluding diaryl/α,β-unsaturated/α-hetero) is 1. The van der Waals surface area contributed by atoms with Crippen LogP contribution in [0.4, 0.5) is 5.69 Å². The van der Waals surface area contributed by atoms with Gasteiger partial charge in [0.2, 0.25) is 0 Å². The first kappa shape index (κ1) is 20.8. The van der Waals surface area contributed by atoms with Crippen molar-refractivity contribution >= 4 is 44.7 Å². The van der Waals surface area contributed by atoms with Crippen molar-refractivity contribution in [3.8, 4) is 0 Å². The molecule has 4 aromatic carbocycles. The van der Waals surface area contributed by atoms with Gasteiger partial charge < -0.3 is 5.11 Å². The van der Waals surface area contributed by atoms with Gasteiger partial charge in [-0.2, -0.15) is 0 Å². The second-order valence-electron chi connectivity index (χ2n) is 8.48. The lowest BCUT2D eigenvalue weighted by atomic mass is 9.94. The van der Waals surface area contributed by atoms with E-state index in [1.54, 1.807) is 24.5 Å². The summed E-state index contributed by atoms with van der Waals surface area (Å²) in [7, 11) is 0. The fraction of sp³-hybridized carbons (Fsp3) is 0.0333. The maximum atomic E-state index is 13.6. The zero-order valence-corrected chi connectivity index (χ0v) is 18.6. The van der Waals surface area contributed by atoms with Gasteiger partial charge in [0.05, 0.1) is 17.3 Å². The summed E-state index contributed by atoms with van der Waals surface area (Å²) in [4.78, 5) is 32.8. The molecule has 0 spiro atoms. The number of aromatic nitrogens is 1. The number of amides is 1. The monoisotopic (exact) mass is 456 g/mol. The van der Waals surface area contributed by atoms with Gasteiger partial charge in [0.15, 0.2) is 0 Å². The number of aliphatic hydroxyl groups is 1. The zero-order chi connectivity index (χ0) is 23.9. The Labute approximate surface area is 201 Å². The van der Waals surface area contributed by atoms with Crippen LogP contribution in [-0.4, -0.2) is 21.8 Å². The van der Waals surface area contributed by atoms with Crippen molar-refractivity contribution in [3.63, 3.8) is 0 Å². The smallest absolute Gasteiger partial charge is 0.300 e. The molecule has 35 heavy (non-hydrogen) atoms. The lowest BCUT2D eigenvalue weighted by molar-refractivity contribution is -0.132. The molecule has 1 unspecified atom stereocenters. The Bertz CT molecular complexity index is 1650. The van der Waals surface area contributed by atoms with Crippen molar-refractivity contribution in [1.29, 1.82) is 0 Å². The molecular weight excluding hydrogens is 436 g/mol. The Morgan fingerprint density at radius 2 is 1.40 bits per heavy atom. The summed E-state index contributed by atoms with van der Waals surface area (Å²) >= 11 is 0. The van der Waals surface area contributed by atoms with Gasteiger partial charge in [0, 0.05) is 23.3 Å². The Hall–Kier alpha value is -4.77. The molecular formula is C30H20N2O3. The molecule has 168 valence electrons. The van der Waals surface area contributed by atoms with E-state index in [0.29, 0.717) is 16.8 Å². The first-order chi connectivity index (χ1) is 17.1. The van der Waals surface area contributed by atoms with Crippen molar-refractivity contribution in [2.24, 2.45) is 0 Å². The van der Waals surface area contributed by atoms with Gasteiger partial charge in [0.25, 0.3) is 11.7 Å². The molecule has 5 heteroatoms. The van der Waals surface area contributed by atoms with Crippen LogP contribution in [0, 0.1) is 0 Å². The predicted molar refractivity (Wildman–Crippen MR) is 137 cm³/mol. The van der Waals surface area contributed by atoms with E-state index in [4.69, 9.17) is 0 Å². The highest BCUT2D eigenvalue weighted by atomic mass is 16.3. The molecule has 1 aromatic heterocycles. The van der Waals surface area contributed by atoms with Crippen molar-refractivity contribution in [2.45, 2.75) is 6.04 Å². The molecule has 0 aliphatic carbocycles. The Morgan fingerprint density at radius 3 is 2.14 bits per heavy atom. The van der Waals surface area contributed by atoms with E-state index < -0.39 is 17.7 Å². The van der Waals surface area contributed by atoms with Gasteiger partial charge >= 0.3 is 0 Å². The molecule has 1 aliphatic rings. The number of carbonyl (C=O) groups is 2. The molecule has 1 saturated heterocycles. The standard InChI is InChI=1S/C30H20N2O3/c33-28(24-15-5-10-19-8-1-3-13-22(19)24)26-27(21-12-7-17-31-18-21)32(30(35)29(26)34)25-16-6-11-20-9-2-4-14-23(20)25/h1-18,27,33H/b28-26+. The summed E-state index contributed by atoms with van der Waals surface area (Å²) in [6.07, 6.45) is 3.27. The number of nitrogens with zero attached hydrogens (tertiary/aromatic N) is 2. The minimum atomic E-state index is -0.825. The summed E-state index contributed by atoms with van der Waals surface area (Å²) in [5.41, 5.74) is 1.80. The van der Waals surface area contributed by atoms with Crippen molar-refractivity contribution in [3.05, 3.63) is 126 Å². The Balaban J connectivity index is 1.64. The Morgan fingerprint density at radius 1 is 0.743 bits per heavy atom. The number of carbonyl (C=O) groups excluding carboxylic acids is 2. The van der Waals surface area contributed by atoms with Crippen LogP contribution >= 0.6 is 0 Å². The van der Waals surface area contributed by atoms with Crippen LogP contribution in [0.15, 0.2) is 115 Å². The highest BCUT2D eigenvalue weighted by Crippen LogP contribution is 2.44. The van der Waals surface area contributed by atoms with Gasteiger partial charge in [-0.05, 0) is 33.9 Å². The SMILES string of the molecule is O=C1C(=O)N(c2cccc3ccccc23)C(c2cccnc2)/C1=C(\O)c1cccc2ccccc12. The van der Waals surface area contributed by atoms with Crippen LogP contribution in [0.25, 0.3) is 27.3 Å². The lowest BCUT2D eigenvalue weighted by Gasteiger charge is -2.26. The normalized spacial score (nSPS) is 17.4. The summed E-state index contributed by atoms with van der Waals surface area (Å²) in [6.45, 7) is 0. The maximum absolute atomic E-state index is 13.6. The molecule has 2 heterocycles. The van der Waals surface area contributed by atoms with Crippen LogP contribution in [-0.2, 0) is 9.59 Å². The zero-order valence-electron chi connectivity index (χ0n) is 18.6. The van der Waals surface area contributed by atoms with E-state index in [-0.39, 0.29) is 11.3 Å². The first-order valence-electron chi connectivity index (χ1n) is 11.3. The second kappa shape index (κ2) is 8.22. The number of anilines is 1. The molecule has 5 aromatic rings. The summed E-state index contributed by atoms with van der Waals surface area (Å²) in [6, 6.07) is 29.3. The number of fused-ring (bicyclic) bond motifs is 2. The number of hydrogen-bond donors (Lipinski definition) is 1. The topological polar surface area (TPSA) is 70.5 Å². The quantitative estimate of drug-likeness (QED) is 0.205. The molecule has 0 saturated carbocycles. The first-order valence-corrected chi connectivity index (χ1v) is 11.3. The number of rotatable bonds is 3. The van der Waals surface area contributed by atoms with E-state index in [9.17, 15) is 14.7 Å². The van der Waals surface area contributed by atoms with Gasteiger partial charge in [-0.3, -0.25) is 19.5 Å². The third-order valence-electron chi connectivity index (χ3n) is 6.52. The average molecular weight is 457 g/mol. The van der Waals surface area contributed by atoms with E-state index in [0.717, 1.165) is 21.5 Å². The van der Waals surface area contributed by atoms with E-state index >= 15 is 0 Å². The highest BCUT2D eigenvalue weighted by Gasteiger charge is 2.47. The fourth-order valence-corrected chi connectivity index (χ4v) is 4.93.